The van der Waals surface area contributed by atoms with Crippen LogP contribution in [0, 0.1) is 0 Å². The molecular formula is C14H18ClN3O. The summed E-state index contributed by atoms with van der Waals surface area (Å²) in [7, 11) is 2.17. The van der Waals surface area contributed by atoms with Crippen LogP contribution < -0.4 is 0 Å². The molecule has 19 heavy (non-hydrogen) atoms. The highest BCUT2D eigenvalue weighted by molar-refractivity contribution is 6.33. The molecule has 0 saturated carbocycles. The van der Waals surface area contributed by atoms with Gasteiger partial charge in [-0.3, -0.25) is 14.7 Å². The van der Waals surface area contributed by atoms with E-state index in [0.717, 1.165) is 19.5 Å². The predicted octanol–water partition coefficient (Wildman–Crippen LogP) is 2.04. The minimum absolute atomic E-state index is 0.0130. The minimum Gasteiger partial charge on any atom is -0.337 e. The van der Waals surface area contributed by atoms with Crippen LogP contribution in [0.4, 0.5) is 0 Å². The third kappa shape index (κ3) is 2.35. The molecule has 3 rings (SSSR count). The first-order chi connectivity index (χ1) is 9.16. The molecule has 102 valence electrons. The van der Waals surface area contributed by atoms with Crippen molar-refractivity contribution in [3.8, 4) is 0 Å². The highest BCUT2D eigenvalue weighted by Gasteiger charge is 2.36. The predicted molar refractivity (Wildman–Crippen MR) is 74.3 cm³/mol. The molecule has 0 aliphatic carbocycles. The maximum absolute atomic E-state index is 12.5. The van der Waals surface area contributed by atoms with Crippen molar-refractivity contribution >= 4 is 17.5 Å². The maximum atomic E-state index is 12.5. The van der Waals surface area contributed by atoms with Gasteiger partial charge < -0.3 is 4.90 Å². The van der Waals surface area contributed by atoms with Gasteiger partial charge >= 0.3 is 0 Å². The van der Waals surface area contributed by atoms with E-state index in [4.69, 9.17) is 11.6 Å². The molecule has 1 amide bonds. The maximum Gasteiger partial charge on any atom is 0.256 e. The van der Waals surface area contributed by atoms with Crippen LogP contribution in [0.1, 0.15) is 29.6 Å². The van der Waals surface area contributed by atoms with Crippen molar-refractivity contribution < 1.29 is 4.79 Å². The molecule has 3 heterocycles. The zero-order valence-corrected chi connectivity index (χ0v) is 11.8. The lowest BCUT2D eigenvalue weighted by Crippen LogP contribution is -2.39. The Morgan fingerprint density at radius 1 is 1.37 bits per heavy atom. The molecule has 2 aliphatic heterocycles. The summed E-state index contributed by atoms with van der Waals surface area (Å²) < 4.78 is 0. The van der Waals surface area contributed by atoms with Gasteiger partial charge in [-0.15, -0.1) is 0 Å². The summed E-state index contributed by atoms with van der Waals surface area (Å²) in [6.07, 6.45) is 6.67. The number of amides is 1. The number of nitrogens with zero attached hydrogens (tertiary/aromatic N) is 3. The number of hydrogen-bond donors (Lipinski definition) is 0. The fraction of sp³-hybridized carbons (Fsp3) is 0.571. The second-order valence-electron chi connectivity index (χ2n) is 5.45. The number of hydrogen-bond acceptors (Lipinski definition) is 3. The standard InChI is InChI=1S/C14H18ClN3O/c1-17-10-2-3-11(17)9-18(7-5-10)14(19)12-8-16-6-4-13(12)15/h4,6,8,10-11H,2-3,5,7,9H2,1H3. The first-order valence-electron chi connectivity index (χ1n) is 6.77. The number of likely N-dealkylation sites (tertiary alicyclic amines) is 1. The fourth-order valence-electron chi connectivity index (χ4n) is 3.20. The number of fused-ring (bicyclic) bond motifs is 2. The van der Waals surface area contributed by atoms with Gasteiger partial charge in [0.25, 0.3) is 5.91 Å². The number of pyridine rings is 1. The van der Waals surface area contributed by atoms with E-state index < -0.39 is 0 Å². The van der Waals surface area contributed by atoms with Crippen LogP contribution in [0.3, 0.4) is 0 Å². The van der Waals surface area contributed by atoms with E-state index in [-0.39, 0.29) is 5.91 Å². The van der Waals surface area contributed by atoms with Gasteiger partial charge in [0.05, 0.1) is 10.6 Å². The van der Waals surface area contributed by atoms with Crippen LogP contribution in [-0.2, 0) is 0 Å². The van der Waals surface area contributed by atoms with Gasteiger partial charge in [-0.25, -0.2) is 0 Å². The van der Waals surface area contributed by atoms with Crippen molar-refractivity contribution in [2.75, 3.05) is 20.1 Å². The van der Waals surface area contributed by atoms with E-state index in [2.05, 4.69) is 16.9 Å². The Hall–Kier alpha value is -1.13. The molecule has 1 aromatic rings. The number of likely N-dealkylation sites (N-methyl/N-ethyl adjacent to an activating group) is 1. The first-order valence-corrected chi connectivity index (χ1v) is 7.15. The summed E-state index contributed by atoms with van der Waals surface area (Å²) in [4.78, 5) is 20.9. The molecule has 4 nitrogen and oxygen atoms in total. The number of aromatic nitrogens is 1. The van der Waals surface area contributed by atoms with Crippen molar-refractivity contribution in [2.45, 2.75) is 31.3 Å². The van der Waals surface area contributed by atoms with Crippen LogP contribution in [0.2, 0.25) is 5.02 Å². The summed E-state index contributed by atoms with van der Waals surface area (Å²) in [5.41, 5.74) is 0.518. The largest absolute Gasteiger partial charge is 0.337 e. The molecule has 2 bridgehead atoms. The molecule has 2 fully saturated rings. The van der Waals surface area contributed by atoms with Crippen molar-refractivity contribution in [3.05, 3.63) is 29.0 Å². The van der Waals surface area contributed by atoms with Gasteiger partial charge in [-0.05, 0) is 32.4 Å². The third-order valence-corrected chi connectivity index (χ3v) is 4.76. The van der Waals surface area contributed by atoms with Crippen LogP contribution in [0.25, 0.3) is 0 Å². The average molecular weight is 280 g/mol. The van der Waals surface area contributed by atoms with Gasteiger partial charge in [0, 0.05) is 37.6 Å². The van der Waals surface area contributed by atoms with Gasteiger partial charge in [0.2, 0.25) is 0 Å². The van der Waals surface area contributed by atoms with Gasteiger partial charge in [0.15, 0.2) is 0 Å². The Morgan fingerprint density at radius 2 is 2.16 bits per heavy atom. The third-order valence-electron chi connectivity index (χ3n) is 4.43. The van der Waals surface area contributed by atoms with E-state index >= 15 is 0 Å². The molecule has 0 spiro atoms. The summed E-state index contributed by atoms with van der Waals surface area (Å²) in [5, 5.41) is 0.489. The molecule has 2 atom stereocenters. The van der Waals surface area contributed by atoms with Crippen molar-refractivity contribution in [1.29, 1.82) is 0 Å². The second-order valence-corrected chi connectivity index (χ2v) is 5.85. The molecule has 0 aromatic carbocycles. The molecular weight excluding hydrogens is 262 g/mol. The number of rotatable bonds is 1. The van der Waals surface area contributed by atoms with Crippen molar-refractivity contribution in [2.24, 2.45) is 0 Å². The molecule has 5 heteroatoms. The number of carbonyl (C=O) groups is 1. The monoisotopic (exact) mass is 279 g/mol. The fourth-order valence-corrected chi connectivity index (χ4v) is 3.38. The number of carbonyl (C=O) groups excluding carboxylic acids is 1. The Morgan fingerprint density at radius 3 is 2.95 bits per heavy atom. The molecule has 2 saturated heterocycles. The molecule has 0 radical (unpaired) electrons. The van der Waals surface area contributed by atoms with Crippen LogP contribution in [-0.4, -0.2) is 52.9 Å². The minimum atomic E-state index is 0.0130. The summed E-state index contributed by atoms with van der Waals surface area (Å²) in [6, 6.07) is 2.80. The Bertz CT molecular complexity index is 493. The van der Waals surface area contributed by atoms with Crippen molar-refractivity contribution in [3.63, 3.8) is 0 Å². The topological polar surface area (TPSA) is 36.4 Å². The summed E-state index contributed by atoms with van der Waals surface area (Å²) in [6.45, 7) is 1.62. The first kappa shape index (κ1) is 12.9. The van der Waals surface area contributed by atoms with E-state index in [9.17, 15) is 4.79 Å². The molecule has 2 aliphatic rings. The van der Waals surface area contributed by atoms with E-state index in [0.29, 0.717) is 22.7 Å². The van der Waals surface area contributed by atoms with E-state index in [1.807, 2.05) is 4.90 Å². The van der Waals surface area contributed by atoms with Gasteiger partial charge in [-0.1, -0.05) is 11.6 Å². The van der Waals surface area contributed by atoms with Crippen molar-refractivity contribution in [1.82, 2.24) is 14.8 Å². The highest BCUT2D eigenvalue weighted by atomic mass is 35.5. The second kappa shape index (κ2) is 5.10. The van der Waals surface area contributed by atoms with Crippen LogP contribution in [0.5, 0.6) is 0 Å². The lowest BCUT2D eigenvalue weighted by molar-refractivity contribution is 0.0740. The normalized spacial score (nSPS) is 27.4. The van der Waals surface area contributed by atoms with E-state index in [1.54, 1.807) is 18.5 Å². The van der Waals surface area contributed by atoms with Crippen LogP contribution in [0.15, 0.2) is 18.5 Å². The Labute approximate surface area is 118 Å². The molecule has 0 N–H and O–H groups in total. The lowest BCUT2D eigenvalue weighted by Gasteiger charge is -2.26. The SMILES string of the molecule is CN1C2CCC1CN(C(=O)c1cnccc1Cl)CC2. The van der Waals surface area contributed by atoms with Gasteiger partial charge in [0.1, 0.15) is 0 Å². The zero-order chi connectivity index (χ0) is 13.4. The Kier molecular flexibility index (Phi) is 3.46. The Balaban J connectivity index is 1.80. The van der Waals surface area contributed by atoms with E-state index in [1.165, 1.54) is 12.8 Å². The number of halogens is 1. The summed E-state index contributed by atoms with van der Waals surface area (Å²) >= 11 is 6.09. The lowest BCUT2D eigenvalue weighted by atomic mass is 10.1. The quantitative estimate of drug-likeness (QED) is 0.789. The highest BCUT2D eigenvalue weighted by Crippen LogP contribution is 2.29. The summed E-state index contributed by atoms with van der Waals surface area (Å²) in [5.74, 6) is 0.0130. The zero-order valence-electron chi connectivity index (χ0n) is 11.1. The van der Waals surface area contributed by atoms with Gasteiger partial charge in [-0.2, -0.15) is 0 Å². The van der Waals surface area contributed by atoms with Crippen LogP contribution >= 0.6 is 11.6 Å². The average Bonchev–Trinajstić information content (AvgIpc) is 2.63. The smallest absolute Gasteiger partial charge is 0.256 e. The molecule has 2 unspecified atom stereocenters. The molecule has 1 aromatic heterocycles.